The molecule has 25 heavy (non-hydrogen) atoms. The second-order valence-electron chi connectivity index (χ2n) is 5.91. The van der Waals surface area contributed by atoms with E-state index in [1.165, 1.54) is 0 Å². The Labute approximate surface area is 153 Å². The molecule has 0 spiro atoms. The lowest BCUT2D eigenvalue weighted by molar-refractivity contribution is -0.122. The van der Waals surface area contributed by atoms with Crippen LogP contribution in [-0.2, 0) is 4.79 Å². The molecule has 1 amide bonds. The molecule has 1 fully saturated rings. The predicted molar refractivity (Wildman–Crippen MR) is 101 cm³/mol. The van der Waals surface area contributed by atoms with Crippen molar-refractivity contribution in [2.75, 3.05) is 18.0 Å². The Hall–Kier alpha value is -2.32. The third-order valence-corrected chi connectivity index (χ3v) is 6.06. The van der Waals surface area contributed by atoms with Crippen molar-refractivity contribution >= 4 is 34.5 Å². The summed E-state index contributed by atoms with van der Waals surface area (Å²) in [5, 5.41) is 4.89. The van der Waals surface area contributed by atoms with Gasteiger partial charge in [-0.25, -0.2) is 15.0 Å². The standard InChI is InChI=1S/C17H17N5OS2/c18-15(23)11-3-6-22(7-4-11)17-20-10-12(13-2-1-8-24-13)14(21-17)16-19-5-9-25-16/h1-2,5,8-11H,3-4,6-7H2,(H2,18,23). The summed E-state index contributed by atoms with van der Waals surface area (Å²) in [5.41, 5.74) is 7.28. The fraction of sp³-hybridized carbons (Fsp3) is 0.294. The summed E-state index contributed by atoms with van der Waals surface area (Å²) in [6.07, 6.45) is 5.17. The van der Waals surface area contributed by atoms with E-state index in [9.17, 15) is 4.79 Å². The largest absolute Gasteiger partial charge is 0.369 e. The van der Waals surface area contributed by atoms with Crippen molar-refractivity contribution < 1.29 is 4.79 Å². The number of rotatable bonds is 4. The number of hydrogen-bond acceptors (Lipinski definition) is 7. The maximum Gasteiger partial charge on any atom is 0.225 e. The highest BCUT2D eigenvalue weighted by Gasteiger charge is 2.25. The van der Waals surface area contributed by atoms with Crippen LogP contribution in [0.5, 0.6) is 0 Å². The molecule has 6 nitrogen and oxygen atoms in total. The fourth-order valence-corrected chi connectivity index (χ4v) is 4.38. The minimum Gasteiger partial charge on any atom is -0.369 e. The molecule has 0 atom stereocenters. The number of carbonyl (C=O) groups is 1. The molecular formula is C17H17N5OS2. The van der Waals surface area contributed by atoms with E-state index in [-0.39, 0.29) is 11.8 Å². The zero-order chi connectivity index (χ0) is 17.2. The highest BCUT2D eigenvalue weighted by molar-refractivity contribution is 7.14. The number of nitrogens with two attached hydrogens (primary N) is 1. The zero-order valence-corrected chi connectivity index (χ0v) is 15.1. The molecule has 0 radical (unpaired) electrons. The lowest BCUT2D eigenvalue weighted by Crippen LogP contribution is -2.39. The van der Waals surface area contributed by atoms with Crippen LogP contribution in [0.15, 0.2) is 35.3 Å². The lowest BCUT2D eigenvalue weighted by atomic mass is 9.96. The highest BCUT2D eigenvalue weighted by atomic mass is 32.1. The topological polar surface area (TPSA) is 85.0 Å². The molecule has 3 aromatic rings. The molecule has 8 heteroatoms. The van der Waals surface area contributed by atoms with E-state index in [1.54, 1.807) is 28.9 Å². The van der Waals surface area contributed by atoms with Crippen molar-refractivity contribution in [1.82, 2.24) is 15.0 Å². The average molecular weight is 371 g/mol. The first-order valence-electron chi connectivity index (χ1n) is 8.07. The summed E-state index contributed by atoms with van der Waals surface area (Å²) < 4.78 is 0. The molecule has 128 valence electrons. The van der Waals surface area contributed by atoms with Crippen LogP contribution >= 0.6 is 22.7 Å². The molecule has 1 aliphatic heterocycles. The molecule has 4 heterocycles. The molecule has 0 aliphatic carbocycles. The van der Waals surface area contributed by atoms with Crippen LogP contribution in [0, 0.1) is 5.92 Å². The van der Waals surface area contributed by atoms with Gasteiger partial charge in [-0.15, -0.1) is 22.7 Å². The van der Waals surface area contributed by atoms with E-state index in [0.29, 0.717) is 5.95 Å². The molecule has 1 aliphatic rings. The Morgan fingerprint density at radius 3 is 2.68 bits per heavy atom. The van der Waals surface area contributed by atoms with Crippen molar-refractivity contribution in [3.05, 3.63) is 35.3 Å². The number of thiophene rings is 1. The molecule has 2 N–H and O–H groups in total. The quantitative estimate of drug-likeness (QED) is 0.762. The summed E-state index contributed by atoms with van der Waals surface area (Å²) in [6, 6.07) is 4.09. The molecule has 0 aromatic carbocycles. The normalized spacial score (nSPS) is 15.4. The van der Waals surface area contributed by atoms with Crippen LogP contribution in [0.3, 0.4) is 0 Å². The van der Waals surface area contributed by atoms with Gasteiger partial charge in [0.2, 0.25) is 11.9 Å². The van der Waals surface area contributed by atoms with E-state index < -0.39 is 0 Å². The maximum atomic E-state index is 11.3. The number of carbonyl (C=O) groups excluding carboxylic acids is 1. The van der Waals surface area contributed by atoms with Gasteiger partial charge < -0.3 is 10.6 Å². The number of thiazole rings is 1. The van der Waals surface area contributed by atoms with Gasteiger partial charge >= 0.3 is 0 Å². The highest BCUT2D eigenvalue weighted by Crippen LogP contribution is 2.35. The van der Waals surface area contributed by atoms with Crippen molar-refractivity contribution in [2.45, 2.75) is 12.8 Å². The summed E-state index contributed by atoms with van der Waals surface area (Å²) in [4.78, 5) is 28.4. The monoisotopic (exact) mass is 371 g/mol. The van der Waals surface area contributed by atoms with Crippen LogP contribution in [0.25, 0.3) is 21.1 Å². The molecule has 0 unspecified atom stereocenters. The Morgan fingerprint density at radius 2 is 2.04 bits per heavy atom. The average Bonchev–Trinajstić information content (AvgIpc) is 3.35. The van der Waals surface area contributed by atoms with Crippen LogP contribution in [0.2, 0.25) is 0 Å². The number of nitrogens with zero attached hydrogens (tertiary/aromatic N) is 4. The summed E-state index contributed by atoms with van der Waals surface area (Å²) in [5.74, 6) is 0.436. The Kier molecular flexibility index (Phi) is 4.46. The SMILES string of the molecule is NC(=O)C1CCN(c2ncc(-c3cccs3)c(-c3nccs3)n2)CC1. The summed E-state index contributed by atoms with van der Waals surface area (Å²) >= 11 is 3.23. The Morgan fingerprint density at radius 1 is 1.20 bits per heavy atom. The minimum atomic E-state index is -0.211. The number of primary amides is 1. The van der Waals surface area contributed by atoms with Crippen molar-refractivity contribution in [2.24, 2.45) is 11.7 Å². The predicted octanol–water partition coefficient (Wildman–Crippen LogP) is 3.03. The van der Waals surface area contributed by atoms with E-state index >= 15 is 0 Å². The Balaban J connectivity index is 1.67. The fourth-order valence-electron chi connectivity index (χ4n) is 3.00. The van der Waals surface area contributed by atoms with Gasteiger partial charge in [0.05, 0.1) is 0 Å². The first kappa shape index (κ1) is 16.2. The lowest BCUT2D eigenvalue weighted by Gasteiger charge is -2.30. The van der Waals surface area contributed by atoms with E-state index in [1.807, 2.05) is 23.0 Å². The van der Waals surface area contributed by atoms with E-state index in [2.05, 4.69) is 20.9 Å². The van der Waals surface area contributed by atoms with Crippen LogP contribution in [-0.4, -0.2) is 33.9 Å². The maximum absolute atomic E-state index is 11.3. The van der Waals surface area contributed by atoms with Gasteiger partial charge in [-0.2, -0.15) is 0 Å². The Bertz CT molecular complexity index is 855. The third-order valence-electron chi connectivity index (χ3n) is 4.38. The third kappa shape index (κ3) is 3.27. The molecular weight excluding hydrogens is 354 g/mol. The van der Waals surface area contributed by atoms with E-state index in [4.69, 9.17) is 10.7 Å². The molecule has 3 aromatic heterocycles. The first-order valence-corrected chi connectivity index (χ1v) is 9.83. The number of piperidine rings is 1. The number of anilines is 1. The molecule has 1 saturated heterocycles. The van der Waals surface area contributed by atoms with Crippen LogP contribution in [0.4, 0.5) is 5.95 Å². The van der Waals surface area contributed by atoms with Crippen LogP contribution < -0.4 is 10.6 Å². The van der Waals surface area contributed by atoms with Gasteiger partial charge in [0.1, 0.15) is 10.7 Å². The van der Waals surface area contributed by atoms with Gasteiger partial charge in [-0.3, -0.25) is 4.79 Å². The molecule has 0 saturated carbocycles. The van der Waals surface area contributed by atoms with Gasteiger partial charge in [0.15, 0.2) is 0 Å². The second-order valence-corrected chi connectivity index (χ2v) is 7.75. The van der Waals surface area contributed by atoms with Gasteiger partial charge in [0.25, 0.3) is 0 Å². The smallest absolute Gasteiger partial charge is 0.225 e. The van der Waals surface area contributed by atoms with Crippen molar-refractivity contribution in [3.63, 3.8) is 0 Å². The molecule has 4 rings (SSSR count). The number of aromatic nitrogens is 3. The van der Waals surface area contributed by atoms with Gasteiger partial charge in [-0.1, -0.05) is 6.07 Å². The number of amides is 1. The molecule has 0 bridgehead atoms. The number of hydrogen-bond donors (Lipinski definition) is 1. The van der Waals surface area contributed by atoms with E-state index in [0.717, 1.165) is 47.1 Å². The zero-order valence-electron chi connectivity index (χ0n) is 13.5. The van der Waals surface area contributed by atoms with Crippen molar-refractivity contribution in [1.29, 1.82) is 0 Å². The minimum absolute atomic E-state index is 0.0416. The van der Waals surface area contributed by atoms with Crippen molar-refractivity contribution in [3.8, 4) is 21.1 Å². The summed E-state index contributed by atoms with van der Waals surface area (Å²) in [7, 11) is 0. The van der Waals surface area contributed by atoms with Gasteiger partial charge in [-0.05, 0) is 24.3 Å². The first-order chi connectivity index (χ1) is 12.2. The summed E-state index contributed by atoms with van der Waals surface area (Å²) in [6.45, 7) is 1.48. The van der Waals surface area contributed by atoms with Gasteiger partial charge in [0, 0.05) is 47.2 Å². The van der Waals surface area contributed by atoms with Crippen LogP contribution in [0.1, 0.15) is 12.8 Å². The second kappa shape index (κ2) is 6.89.